The van der Waals surface area contributed by atoms with E-state index in [9.17, 15) is 9.59 Å². The number of hydrogen-bond acceptors (Lipinski definition) is 2. The lowest BCUT2D eigenvalue weighted by atomic mass is 10.1. The molecule has 0 fully saturated rings. The van der Waals surface area contributed by atoms with Crippen LogP contribution in [0.4, 0.5) is 5.69 Å². The van der Waals surface area contributed by atoms with Crippen molar-refractivity contribution in [2.75, 3.05) is 11.9 Å². The van der Waals surface area contributed by atoms with Crippen LogP contribution in [0.2, 0.25) is 0 Å². The number of nitrogens with one attached hydrogen (secondary N) is 2. The van der Waals surface area contributed by atoms with Gasteiger partial charge < -0.3 is 10.6 Å². The van der Waals surface area contributed by atoms with Gasteiger partial charge >= 0.3 is 0 Å². The van der Waals surface area contributed by atoms with E-state index in [-0.39, 0.29) is 11.8 Å². The Morgan fingerprint density at radius 2 is 1.70 bits per heavy atom. The largest absolute Gasteiger partial charge is 0.349 e. The molecule has 0 bridgehead atoms. The number of hydrogen-bond donors (Lipinski definition) is 2. The lowest BCUT2D eigenvalue weighted by Crippen LogP contribution is -2.24. The second kappa shape index (κ2) is 8.34. The Kier molecular flexibility index (Phi) is 5.89. The molecule has 0 aliphatic carbocycles. The first-order valence-corrected chi connectivity index (χ1v) is 7.23. The van der Waals surface area contributed by atoms with Crippen molar-refractivity contribution in [1.82, 2.24) is 5.32 Å². The Labute approximate surface area is 135 Å². The topological polar surface area (TPSA) is 58.2 Å². The summed E-state index contributed by atoms with van der Waals surface area (Å²) in [6.45, 7) is 3.93. The van der Waals surface area contributed by atoms with Crippen LogP contribution >= 0.6 is 0 Å². The zero-order valence-corrected chi connectivity index (χ0v) is 12.7. The highest BCUT2D eigenvalue weighted by atomic mass is 16.2. The molecule has 0 saturated carbocycles. The van der Waals surface area contributed by atoms with Gasteiger partial charge in [0.15, 0.2) is 0 Å². The molecule has 0 radical (unpaired) electrons. The van der Waals surface area contributed by atoms with Crippen LogP contribution in [0, 0.1) is 0 Å². The summed E-state index contributed by atoms with van der Waals surface area (Å²) in [5.41, 5.74) is 1.81. The fraction of sp³-hybridized carbons (Fsp3) is 0.0526. The third-order valence-corrected chi connectivity index (χ3v) is 3.06. The zero-order valence-electron chi connectivity index (χ0n) is 12.7. The highest BCUT2D eigenvalue weighted by Crippen LogP contribution is 2.15. The highest BCUT2D eigenvalue weighted by Gasteiger charge is 2.11. The van der Waals surface area contributed by atoms with Crippen molar-refractivity contribution in [3.63, 3.8) is 0 Å². The summed E-state index contributed by atoms with van der Waals surface area (Å²) in [6.07, 6.45) is 4.76. The van der Waals surface area contributed by atoms with E-state index in [2.05, 4.69) is 17.2 Å². The average Bonchev–Trinajstić information content (AvgIpc) is 2.59. The number of carbonyl (C=O) groups is 2. The van der Waals surface area contributed by atoms with E-state index in [1.54, 1.807) is 36.4 Å². The Hall–Kier alpha value is -3.14. The fourth-order valence-electron chi connectivity index (χ4n) is 1.96. The molecule has 2 N–H and O–H groups in total. The van der Waals surface area contributed by atoms with Gasteiger partial charge in [-0.1, -0.05) is 48.5 Å². The predicted octanol–water partition coefficient (Wildman–Crippen LogP) is 3.25. The molecular weight excluding hydrogens is 288 g/mol. The molecule has 2 amide bonds. The Bertz CT molecular complexity index is 721. The molecule has 23 heavy (non-hydrogen) atoms. The lowest BCUT2D eigenvalue weighted by Gasteiger charge is -2.09. The first-order valence-electron chi connectivity index (χ1n) is 7.23. The van der Waals surface area contributed by atoms with Crippen molar-refractivity contribution in [2.24, 2.45) is 0 Å². The molecule has 2 aromatic carbocycles. The van der Waals surface area contributed by atoms with Gasteiger partial charge in [0.25, 0.3) is 5.91 Å². The van der Waals surface area contributed by atoms with Gasteiger partial charge in [-0.25, -0.2) is 0 Å². The molecule has 4 nitrogen and oxygen atoms in total. The number of amides is 2. The van der Waals surface area contributed by atoms with E-state index in [1.807, 2.05) is 30.3 Å². The average molecular weight is 306 g/mol. The van der Waals surface area contributed by atoms with E-state index in [1.165, 1.54) is 6.08 Å². The monoisotopic (exact) mass is 306 g/mol. The van der Waals surface area contributed by atoms with Gasteiger partial charge in [0.2, 0.25) is 5.91 Å². The maximum atomic E-state index is 12.1. The summed E-state index contributed by atoms with van der Waals surface area (Å²) in [4.78, 5) is 24.1. The quantitative estimate of drug-likeness (QED) is 0.636. The van der Waals surface area contributed by atoms with E-state index < -0.39 is 0 Å². The molecular formula is C19H18N2O2. The van der Waals surface area contributed by atoms with Crippen molar-refractivity contribution in [3.05, 3.63) is 84.5 Å². The maximum Gasteiger partial charge on any atom is 0.253 e. The smallest absolute Gasteiger partial charge is 0.253 e. The van der Waals surface area contributed by atoms with Crippen molar-refractivity contribution >= 4 is 23.6 Å². The van der Waals surface area contributed by atoms with E-state index in [0.717, 1.165) is 5.56 Å². The van der Waals surface area contributed by atoms with Gasteiger partial charge in [0.1, 0.15) is 0 Å². The van der Waals surface area contributed by atoms with Gasteiger partial charge in [-0.3, -0.25) is 9.59 Å². The SMILES string of the molecule is C=CCNC(=O)c1ccccc1NC(=O)/C=C/c1ccccc1. The molecule has 0 saturated heterocycles. The van der Waals surface area contributed by atoms with E-state index >= 15 is 0 Å². The summed E-state index contributed by atoms with van der Waals surface area (Å²) in [7, 11) is 0. The molecule has 0 heterocycles. The van der Waals surface area contributed by atoms with Crippen LogP contribution in [0.25, 0.3) is 6.08 Å². The van der Waals surface area contributed by atoms with Gasteiger partial charge in [-0.05, 0) is 23.8 Å². The summed E-state index contributed by atoms with van der Waals surface area (Å²) in [6, 6.07) is 16.4. The van der Waals surface area contributed by atoms with E-state index in [0.29, 0.717) is 17.8 Å². The van der Waals surface area contributed by atoms with Crippen molar-refractivity contribution in [1.29, 1.82) is 0 Å². The van der Waals surface area contributed by atoms with Crippen LogP contribution in [0.15, 0.2) is 73.3 Å². The molecule has 0 unspecified atom stereocenters. The molecule has 0 aromatic heterocycles. The third-order valence-electron chi connectivity index (χ3n) is 3.06. The number of benzene rings is 2. The first-order chi connectivity index (χ1) is 11.2. The minimum Gasteiger partial charge on any atom is -0.349 e. The number of para-hydroxylation sites is 1. The fourth-order valence-corrected chi connectivity index (χ4v) is 1.96. The van der Waals surface area contributed by atoms with Gasteiger partial charge in [-0.15, -0.1) is 6.58 Å². The van der Waals surface area contributed by atoms with Gasteiger partial charge in [0.05, 0.1) is 11.3 Å². The molecule has 0 aliphatic rings. The van der Waals surface area contributed by atoms with Gasteiger partial charge in [0, 0.05) is 12.6 Å². The van der Waals surface area contributed by atoms with Crippen LogP contribution in [-0.2, 0) is 4.79 Å². The summed E-state index contributed by atoms with van der Waals surface area (Å²) in [5, 5.41) is 5.42. The second-order valence-corrected chi connectivity index (χ2v) is 4.78. The maximum absolute atomic E-state index is 12.1. The Morgan fingerprint density at radius 3 is 2.43 bits per heavy atom. The van der Waals surface area contributed by atoms with Crippen LogP contribution in [0.3, 0.4) is 0 Å². The minimum atomic E-state index is -0.294. The molecule has 2 rings (SSSR count). The summed E-state index contributed by atoms with van der Waals surface area (Å²) < 4.78 is 0. The molecule has 2 aromatic rings. The van der Waals surface area contributed by atoms with Crippen molar-refractivity contribution in [2.45, 2.75) is 0 Å². The van der Waals surface area contributed by atoms with Crippen molar-refractivity contribution in [3.8, 4) is 0 Å². The molecule has 4 heteroatoms. The highest BCUT2D eigenvalue weighted by molar-refractivity contribution is 6.07. The third kappa shape index (κ3) is 4.97. The summed E-state index contributed by atoms with van der Waals surface area (Å²) in [5.74, 6) is -0.550. The molecule has 0 spiro atoms. The van der Waals surface area contributed by atoms with Crippen LogP contribution in [0.5, 0.6) is 0 Å². The number of rotatable bonds is 6. The van der Waals surface area contributed by atoms with E-state index in [4.69, 9.17) is 0 Å². The van der Waals surface area contributed by atoms with Crippen molar-refractivity contribution < 1.29 is 9.59 Å². The lowest BCUT2D eigenvalue weighted by molar-refractivity contribution is -0.111. The zero-order chi connectivity index (χ0) is 16.5. The Morgan fingerprint density at radius 1 is 1.00 bits per heavy atom. The molecule has 116 valence electrons. The predicted molar refractivity (Wildman–Crippen MR) is 93.1 cm³/mol. The normalized spacial score (nSPS) is 10.3. The number of anilines is 1. The minimum absolute atomic E-state index is 0.257. The van der Waals surface area contributed by atoms with Crippen LogP contribution in [-0.4, -0.2) is 18.4 Å². The first kappa shape index (κ1) is 16.2. The van der Waals surface area contributed by atoms with Crippen LogP contribution in [0.1, 0.15) is 15.9 Å². The molecule has 0 aliphatic heterocycles. The second-order valence-electron chi connectivity index (χ2n) is 4.78. The summed E-state index contributed by atoms with van der Waals surface area (Å²) >= 11 is 0. The number of carbonyl (C=O) groups excluding carboxylic acids is 2. The van der Waals surface area contributed by atoms with Crippen LogP contribution < -0.4 is 10.6 Å². The standard InChI is InChI=1S/C19H18N2O2/c1-2-14-20-19(23)16-10-6-7-11-17(16)21-18(22)13-12-15-8-4-3-5-9-15/h2-13H,1,14H2,(H,20,23)(H,21,22)/b13-12+. The van der Waals surface area contributed by atoms with Gasteiger partial charge in [-0.2, -0.15) is 0 Å². The molecule has 0 atom stereocenters. The Balaban J connectivity index is 2.07.